The predicted octanol–water partition coefficient (Wildman–Crippen LogP) is 2.46. The van der Waals surface area contributed by atoms with Crippen molar-refractivity contribution in [1.29, 1.82) is 0 Å². The Morgan fingerprint density at radius 2 is 1.73 bits per heavy atom. The van der Waals surface area contributed by atoms with E-state index in [9.17, 15) is 13.2 Å². The number of carbonyl (C=O) groups is 1. The van der Waals surface area contributed by atoms with Gasteiger partial charge < -0.3 is 4.74 Å². The van der Waals surface area contributed by atoms with E-state index in [1.807, 2.05) is 13.0 Å². The van der Waals surface area contributed by atoms with Crippen LogP contribution in [0.3, 0.4) is 0 Å². The summed E-state index contributed by atoms with van der Waals surface area (Å²) in [6.07, 6.45) is 0. The van der Waals surface area contributed by atoms with Crippen molar-refractivity contribution in [3.05, 3.63) is 59.7 Å². The van der Waals surface area contributed by atoms with Gasteiger partial charge in [-0.05, 0) is 43.3 Å². The summed E-state index contributed by atoms with van der Waals surface area (Å²) in [5, 5.41) is 0. The first-order valence-corrected chi connectivity index (χ1v) is 8.04. The summed E-state index contributed by atoms with van der Waals surface area (Å²) < 4.78 is 30.7. The van der Waals surface area contributed by atoms with Gasteiger partial charge in [-0.1, -0.05) is 17.7 Å². The van der Waals surface area contributed by atoms with Gasteiger partial charge in [0.1, 0.15) is 5.75 Å². The molecule has 5 nitrogen and oxygen atoms in total. The Labute approximate surface area is 130 Å². The van der Waals surface area contributed by atoms with Gasteiger partial charge in [0.05, 0.1) is 12.0 Å². The molecule has 6 heteroatoms. The van der Waals surface area contributed by atoms with Crippen molar-refractivity contribution in [1.82, 2.24) is 4.31 Å². The summed E-state index contributed by atoms with van der Waals surface area (Å²) in [5.41, 5.74) is 1.22. The highest BCUT2D eigenvalue weighted by Gasteiger charge is 2.26. The molecule has 0 N–H and O–H groups in total. The fraction of sp³-hybridized carbons (Fsp3) is 0.188. The highest BCUT2D eigenvalue weighted by molar-refractivity contribution is 7.89. The van der Waals surface area contributed by atoms with Crippen LogP contribution in [0.4, 0.5) is 0 Å². The zero-order chi connectivity index (χ0) is 16.3. The van der Waals surface area contributed by atoms with Crippen LogP contribution < -0.4 is 4.74 Å². The summed E-state index contributed by atoms with van der Waals surface area (Å²) >= 11 is 0. The van der Waals surface area contributed by atoms with E-state index in [1.54, 1.807) is 18.2 Å². The molecule has 0 aliphatic rings. The number of hydrogen-bond donors (Lipinski definition) is 0. The maximum absolute atomic E-state index is 12.5. The van der Waals surface area contributed by atoms with E-state index in [0.717, 1.165) is 9.87 Å². The number of hydrogen-bond acceptors (Lipinski definition) is 4. The van der Waals surface area contributed by atoms with Crippen molar-refractivity contribution in [2.24, 2.45) is 0 Å². The van der Waals surface area contributed by atoms with Crippen molar-refractivity contribution in [3.63, 3.8) is 0 Å². The normalized spacial score (nSPS) is 11.0. The molecule has 0 aliphatic heterocycles. The van der Waals surface area contributed by atoms with Gasteiger partial charge in [0.15, 0.2) is 0 Å². The second kappa shape index (κ2) is 6.19. The number of amides is 1. The first-order valence-electron chi connectivity index (χ1n) is 6.60. The van der Waals surface area contributed by atoms with Crippen LogP contribution in [0.1, 0.15) is 15.9 Å². The fourth-order valence-corrected chi connectivity index (χ4v) is 3.09. The molecule has 22 heavy (non-hydrogen) atoms. The lowest BCUT2D eigenvalue weighted by Gasteiger charge is -2.18. The third-order valence-corrected chi connectivity index (χ3v) is 5.02. The molecule has 0 atom stereocenters. The van der Waals surface area contributed by atoms with Crippen LogP contribution >= 0.6 is 0 Å². The van der Waals surface area contributed by atoms with Crippen LogP contribution in [0.15, 0.2) is 53.4 Å². The van der Waals surface area contributed by atoms with E-state index in [2.05, 4.69) is 0 Å². The van der Waals surface area contributed by atoms with Crippen LogP contribution in [0.2, 0.25) is 0 Å². The second-order valence-electron chi connectivity index (χ2n) is 4.82. The molecular weight excluding hydrogens is 302 g/mol. The highest BCUT2D eigenvalue weighted by Crippen LogP contribution is 2.20. The number of nitrogens with zero attached hydrogens (tertiary/aromatic N) is 1. The third-order valence-electron chi connectivity index (χ3n) is 3.27. The van der Waals surface area contributed by atoms with E-state index in [-0.39, 0.29) is 4.90 Å². The second-order valence-corrected chi connectivity index (χ2v) is 6.79. The van der Waals surface area contributed by atoms with Crippen LogP contribution in [-0.2, 0) is 10.0 Å². The number of aryl methyl sites for hydroxylation is 1. The molecule has 0 unspecified atom stereocenters. The maximum Gasteiger partial charge on any atom is 0.267 e. The average Bonchev–Trinajstić information content (AvgIpc) is 2.53. The number of methoxy groups -OCH3 is 1. The SMILES string of the molecule is COc1ccc(S(=O)(=O)N(C)C(=O)c2cccc(C)c2)cc1. The smallest absolute Gasteiger partial charge is 0.267 e. The number of ether oxygens (including phenoxy) is 1. The number of sulfonamides is 1. The molecule has 0 radical (unpaired) electrons. The summed E-state index contributed by atoms with van der Waals surface area (Å²) in [4.78, 5) is 12.4. The first-order chi connectivity index (χ1) is 10.4. The summed E-state index contributed by atoms with van der Waals surface area (Å²) in [6.45, 7) is 1.84. The van der Waals surface area contributed by atoms with E-state index in [1.165, 1.54) is 38.4 Å². The van der Waals surface area contributed by atoms with Crippen molar-refractivity contribution >= 4 is 15.9 Å². The molecule has 116 valence electrons. The Morgan fingerprint density at radius 1 is 1.09 bits per heavy atom. The molecule has 2 rings (SSSR count). The van der Waals surface area contributed by atoms with E-state index < -0.39 is 15.9 Å². The lowest BCUT2D eigenvalue weighted by molar-refractivity contribution is 0.0883. The summed E-state index contributed by atoms with van der Waals surface area (Å²) in [5.74, 6) is -0.0221. The Hall–Kier alpha value is -2.34. The number of rotatable bonds is 4. The molecule has 0 bridgehead atoms. The predicted molar refractivity (Wildman–Crippen MR) is 83.5 cm³/mol. The molecule has 2 aromatic rings. The lowest BCUT2D eigenvalue weighted by Crippen LogP contribution is -2.33. The monoisotopic (exact) mass is 319 g/mol. The van der Waals surface area contributed by atoms with Gasteiger partial charge in [-0.3, -0.25) is 4.79 Å². The Kier molecular flexibility index (Phi) is 4.51. The first kappa shape index (κ1) is 16.0. The van der Waals surface area contributed by atoms with Crippen molar-refractivity contribution in [2.75, 3.05) is 14.2 Å². The largest absolute Gasteiger partial charge is 0.497 e. The quantitative estimate of drug-likeness (QED) is 0.868. The van der Waals surface area contributed by atoms with Gasteiger partial charge >= 0.3 is 0 Å². The van der Waals surface area contributed by atoms with Gasteiger partial charge in [-0.15, -0.1) is 0 Å². The molecule has 2 aromatic carbocycles. The molecular formula is C16H17NO4S. The van der Waals surface area contributed by atoms with Gasteiger partial charge in [0.25, 0.3) is 15.9 Å². The number of carbonyl (C=O) groups excluding carboxylic acids is 1. The van der Waals surface area contributed by atoms with Gasteiger partial charge in [-0.25, -0.2) is 12.7 Å². The molecule has 0 aromatic heterocycles. The zero-order valence-corrected chi connectivity index (χ0v) is 13.4. The zero-order valence-electron chi connectivity index (χ0n) is 12.6. The van der Waals surface area contributed by atoms with Crippen molar-refractivity contribution < 1.29 is 17.9 Å². The van der Waals surface area contributed by atoms with Crippen LogP contribution in [0.25, 0.3) is 0 Å². The van der Waals surface area contributed by atoms with Crippen LogP contribution in [0, 0.1) is 6.92 Å². The van der Waals surface area contributed by atoms with E-state index >= 15 is 0 Å². The van der Waals surface area contributed by atoms with Crippen LogP contribution in [-0.4, -0.2) is 32.8 Å². The highest BCUT2D eigenvalue weighted by atomic mass is 32.2. The van der Waals surface area contributed by atoms with E-state index in [0.29, 0.717) is 11.3 Å². The topological polar surface area (TPSA) is 63.7 Å². The van der Waals surface area contributed by atoms with Gasteiger partial charge in [-0.2, -0.15) is 0 Å². The average molecular weight is 319 g/mol. The minimum absolute atomic E-state index is 0.0387. The molecule has 0 fully saturated rings. The maximum atomic E-state index is 12.5. The van der Waals surface area contributed by atoms with Gasteiger partial charge in [0, 0.05) is 12.6 Å². The third kappa shape index (κ3) is 3.12. The van der Waals surface area contributed by atoms with Crippen molar-refractivity contribution in [3.8, 4) is 5.75 Å². The molecule has 0 saturated heterocycles. The molecule has 1 amide bonds. The molecule has 0 aliphatic carbocycles. The molecule has 0 saturated carbocycles. The van der Waals surface area contributed by atoms with E-state index in [4.69, 9.17) is 4.74 Å². The fourth-order valence-electron chi connectivity index (χ4n) is 1.97. The molecule has 0 heterocycles. The minimum atomic E-state index is -3.90. The summed E-state index contributed by atoms with van der Waals surface area (Å²) in [7, 11) is -1.14. The van der Waals surface area contributed by atoms with Gasteiger partial charge in [0.2, 0.25) is 0 Å². The Bertz CT molecular complexity index is 782. The molecule has 0 spiro atoms. The van der Waals surface area contributed by atoms with Crippen LogP contribution in [0.5, 0.6) is 5.75 Å². The standard InChI is InChI=1S/C16H17NO4S/c1-12-5-4-6-13(11-12)16(18)17(2)22(19,20)15-9-7-14(21-3)8-10-15/h4-11H,1-3H3. The van der Waals surface area contributed by atoms with Crippen molar-refractivity contribution in [2.45, 2.75) is 11.8 Å². The minimum Gasteiger partial charge on any atom is -0.497 e. The lowest BCUT2D eigenvalue weighted by atomic mass is 10.1. The Balaban J connectivity index is 2.33. The summed E-state index contributed by atoms with van der Waals surface area (Å²) in [6, 6.07) is 12.7. The Morgan fingerprint density at radius 3 is 2.27 bits per heavy atom. The number of benzene rings is 2.